The van der Waals surface area contributed by atoms with Crippen molar-refractivity contribution in [3.05, 3.63) is 35.9 Å². The minimum Gasteiger partial charge on any atom is -0.468 e. The molecule has 13 heavy (non-hydrogen) atoms. The topological polar surface area (TPSA) is 9.23 Å². The molecule has 0 aliphatic carbocycles. The first-order chi connectivity index (χ1) is 6.45. The van der Waals surface area contributed by atoms with Crippen LogP contribution in [0.3, 0.4) is 0 Å². The van der Waals surface area contributed by atoms with Crippen LogP contribution in [-0.2, 0) is 10.2 Å². The van der Waals surface area contributed by atoms with Crippen LogP contribution in [0.5, 0.6) is 0 Å². The highest BCUT2D eigenvalue weighted by Crippen LogP contribution is 2.03. The van der Waals surface area contributed by atoms with Crippen molar-refractivity contribution in [3.63, 3.8) is 0 Å². The van der Waals surface area contributed by atoms with Crippen molar-refractivity contribution in [2.24, 2.45) is 0 Å². The number of hydrogen-bond acceptors (Lipinski definition) is 1. The minimum absolute atomic E-state index is 0.142. The third-order valence-corrected chi connectivity index (χ3v) is 59.9. The molecule has 0 radical (unpaired) electrons. The van der Waals surface area contributed by atoms with Gasteiger partial charge in [0.15, 0.2) is 0 Å². The summed E-state index contributed by atoms with van der Waals surface area (Å²) in [5, 5.41) is 0. The van der Waals surface area contributed by atoms with E-state index in [1.807, 2.05) is 0 Å². The maximum Gasteiger partial charge on any atom is 0.143 e. The Hall–Kier alpha value is 0.264. The van der Waals surface area contributed by atoms with E-state index in [1.165, 1.54) is 6.04 Å². The second kappa shape index (κ2) is 5.22. The molecule has 0 saturated carbocycles. The van der Waals surface area contributed by atoms with Gasteiger partial charge in [-0.3, -0.25) is 0 Å². The molecule has 1 saturated heterocycles. The van der Waals surface area contributed by atoms with Gasteiger partial charge in [0, 0.05) is 17.1 Å². The van der Waals surface area contributed by atoms with Crippen LogP contribution in [0.2, 0.25) is 0 Å². The first-order valence-corrected chi connectivity index (χ1v) is 22.2. The van der Waals surface area contributed by atoms with Gasteiger partial charge in [-0.2, -0.15) is 0 Å². The average Bonchev–Trinajstić information content (AvgIpc) is 2.21. The minimum atomic E-state index is -0.556. The highest BCUT2D eigenvalue weighted by Gasteiger charge is 2.16. The Labute approximate surface area is 89.6 Å². The molecule has 1 atom stereocenters. The van der Waals surface area contributed by atoms with Gasteiger partial charge in [0.25, 0.3) is 0 Å². The van der Waals surface area contributed by atoms with Crippen LogP contribution in [-0.4, -0.2) is 43.5 Å². The number of benzene rings is 1. The highest BCUT2D eigenvalue weighted by atomic mass is 29.9. The van der Waals surface area contributed by atoms with Gasteiger partial charge in [-0.05, 0) is 20.2 Å². The van der Waals surface area contributed by atoms with E-state index < -0.39 is 8.56 Å². The van der Waals surface area contributed by atoms with Crippen molar-refractivity contribution in [2.75, 3.05) is 0 Å². The van der Waals surface area contributed by atoms with Crippen LogP contribution in [0.4, 0.5) is 0 Å². The summed E-state index contributed by atoms with van der Waals surface area (Å²) < 4.78 is 6.12. The fourth-order valence-corrected chi connectivity index (χ4v) is 90.2. The lowest BCUT2D eigenvalue weighted by molar-refractivity contribution is 0.643. The summed E-state index contributed by atoms with van der Waals surface area (Å²) in [6.07, 6.45) is 0. The van der Waals surface area contributed by atoms with E-state index in [0.717, 1.165) is 0 Å². The predicted molar refractivity (Wildman–Crippen MR) is 72.6 cm³/mol. The lowest BCUT2D eigenvalue weighted by Gasteiger charge is -2.20. The van der Waals surface area contributed by atoms with Crippen LogP contribution >= 0.6 is 0 Å². The molecule has 1 aliphatic heterocycles. The third-order valence-electron chi connectivity index (χ3n) is 2.58. The number of rotatable bonds is 2. The second-order valence-corrected chi connectivity index (χ2v) is 36.9. The lowest BCUT2D eigenvalue weighted by Crippen LogP contribution is -2.45. The smallest absolute Gasteiger partial charge is 0.143 e. The standard InChI is InChI=1S/C7H16OSi5/c1-2-4-7(5-3-1)6-13-8-9-10-11-12-13/h1-5,13H,6,9-12H2. The first kappa shape index (κ1) is 9.81. The molecule has 0 spiro atoms. The molecule has 0 N–H and O–H groups in total. The zero-order valence-corrected chi connectivity index (χ0v) is 14.7. The molecule has 6 heteroatoms. The predicted octanol–water partition coefficient (Wildman–Crippen LogP) is -2.65. The summed E-state index contributed by atoms with van der Waals surface area (Å²) in [6.45, 7) is 0. The van der Waals surface area contributed by atoms with Crippen LogP contribution in [0.25, 0.3) is 0 Å². The van der Waals surface area contributed by atoms with Crippen molar-refractivity contribution in [1.82, 2.24) is 0 Å². The van der Waals surface area contributed by atoms with Crippen LogP contribution in [0.1, 0.15) is 5.56 Å². The molecule has 1 aromatic carbocycles. The van der Waals surface area contributed by atoms with Crippen molar-refractivity contribution in [3.8, 4) is 0 Å². The third kappa shape index (κ3) is 3.15. The molecule has 1 nitrogen and oxygen atoms in total. The highest BCUT2D eigenvalue weighted by molar-refractivity contribution is 7.57. The summed E-state index contributed by atoms with van der Waals surface area (Å²) in [5.74, 6) is 0. The Bertz CT molecular complexity index is 248. The fourth-order valence-electron chi connectivity index (χ4n) is 1.85. The SMILES string of the molecule is c1ccc(C[SiH]2O[SiH2][SiH2][SiH2][SiH2]2)cc1. The van der Waals surface area contributed by atoms with Gasteiger partial charge in [-0.15, -0.1) is 0 Å². The van der Waals surface area contributed by atoms with Crippen molar-refractivity contribution >= 4 is 43.5 Å². The van der Waals surface area contributed by atoms with Gasteiger partial charge in [0.1, 0.15) is 17.8 Å². The van der Waals surface area contributed by atoms with E-state index in [-0.39, 0.29) is 9.28 Å². The zero-order chi connectivity index (χ0) is 8.93. The van der Waals surface area contributed by atoms with Crippen LogP contribution < -0.4 is 0 Å². The molecule has 1 heterocycles. The van der Waals surface area contributed by atoms with Gasteiger partial charge in [-0.25, -0.2) is 0 Å². The Balaban J connectivity index is 1.90. The Kier molecular flexibility index (Phi) is 3.94. The average molecular weight is 257 g/mol. The second-order valence-electron chi connectivity index (χ2n) is 3.68. The quantitative estimate of drug-likeness (QED) is 0.526. The monoisotopic (exact) mass is 256 g/mol. The Morgan fingerprint density at radius 1 is 1.15 bits per heavy atom. The van der Waals surface area contributed by atoms with Crippen molar-refractivity contribution in [2.45, 2.75) is 6.04 Å². The molecule has 70 valence electrons. The molecule has 1 unspecified atom stereocenters. The van der Waals surface area contributed by atoms with E-state index in [0.29, 0.717) is 25.7 Å². The largest absolute Gasteiger partial charge is 0.468 e. The summed E-state index contributed by atoms with van der Waals surface area (Å²) in [7, 11) is 1.18. The molecule has 1 aromatic rings. The molecular weight excluding hydrogens is 241 g/mol. The summed E-state index contributed by atoms with van der Waals surface area (Å²) in [5.41, 5.74) is 1.55. The van der Waals surface area contributed by atoms with E-state index in [9.17, 15) is 0 Å². The van der Waals surface area contributed by atoms with E-state index in [1.54, 1.807) is 5.56 Å². The molecule has 1 aliphatic rings. The summed E-state index contributed by atoms with van der Waals surface area (Å²) >= 11 is 0. The number of hydrogen-bond donors (Lipinski definition) is 0. The fraction of sp³-hybridized carbons (Fsp3) is 0.143. The van der Waals surface area contributed by atoms with Crippen molar-refractivity contribution in [1.29, 1.82) is 0 Å². The normalized spacial score (nSPS) is 30.3. The van der Waals surface area contributed by atoms with Crippen molar-refractivity contribution < 1.29 is 4.12 Å². The molecule has 1 fully saturated rings. The Morgan fingerprint density at radius 3 is 2.69 bits per heavy atom. The molecular formula is C7H16OSi5. The summed E-state index contributed by atoms with van der Waals surface area (Å²) in [4.78, 5) is 0. The van der Waals surface area contributed by atoms with E-state index in [4.69, 9.17) is 4.12 Å². The van der Waals surface area contributed by atoms with Crippen LogP contribution in [0.15, 0.2) is 30.3 Å². The molecule has 0 bridgehead atoms. The van der Waals surface area contributed by atoms with Gasteiger partial charge in [0.05, 0.1) is 0 Å². The zero-order valence-electron chi connectivity index (χ0n) is 7.91. The molecule has 0 aromatic heterocycles. The van der Waals surface area contributed by atoms with Gasteiger partial charge >= 0.3 is 0 Å². The van der Waals surface area contributed by atoms with E-state index >= 15 is 0 Å². The Morgan fingerprint density at radius 2 is 2.00 bits per heavy atom. The van der Waals surface area contributed by atoms with Gasteiger partial charge in [-0.1, -0.05) is 30.3 Å². The van der Waals surface area contributed by atoms with Crippen LogP contribution in [0, 0.1) is 0 Å². The lowest BCUT2D eigenvalue weighted by atomic mass is 10.2. The molecule has 0 amide bonds. The van der Waals surface area contributed by atoms with E-state index in [2.05, 4.69) is 30.3 Å². The summed E-state index contributed by atoms with van der Waals surface area (Å²) in [6, 6.07) is 12.4. The maximum atomic E-state index is 6.12. The van der Waals surface area contributed by atoms with Gasteiger partial charge in [0.2, 0.25) is 0 Å². The first-order valence-electron chi connectivity index (χ1n) is 5.11. The molecule has 2 rings (SSSR count). The van der Waals surface area contributed by atoms with Gasteiger partial charge < -0.3 is 4.12 Å². The maximum absolute atomic E-state index is 6.12.